The number of nitrogens with two attached hydrogens (primary N) is 1. The van der Waals surface area contributed by atoms with Gasteiger partial charge in [-0.15, -0.1) is 0 Å². The summed E-state index contributed by atoms with van der Waals surface area (Å²) >= 11 is 0. The summed E-state index contributed by atoms with van der Waals surface area (Å²) in [5, 5.41) is 19.9. The number of nitrogens with one attached hydrogen (secondary N) is 2. The molecule has 2 rings (SSSR count). The van der Waals surface area contributed by atoms with Crippen LogP contribution in [0.25, 0.3) is 10.9 Å². The van der Waals surface area contributed by atoms with Gasteiger partial charge < -0.3 is 16.2 Å². The van der Waals surface area contributed by atoms with Crippen molar-refractivity contribution < 1.29 is 5.11 Å². The molecule has 0 spiro atoms. The third-order valence-electron chi connectivity index (χ3n) is 2.57. The number of aliphatic hydroxyl groups is 1. The molecule has 1 atom stereocenters. The molecule has 1 aromatic heterocycles. The van der Waals surface area contributed by atoms with Gasteiger partial charge in [0.2, 0.25) is 0 Å². The van der Waals surface area contributed by atoms with Gasteiger partial charge in [-0.3, -0.25) is 5.10 Å². The topological polar surface area (TPSA) is 87.0 Å². The second kappa shape index (κ2) is 4.40. The smallest absolute Gasteiger partial charge is 0.0672 e. The molecule has 0 radical (unpaired) electrons. The monoisotopic (exact) mass is 220 g/mol. The summed E-state index contributed by atoms with van der Waals surface area (Å²) in [7, 11) is 0. The Morgan fingerprint density at radius 3 is 3.12 bits per heavy atom. The Labute approximate surface area is 93.7 Å². The van der Waals surface area contributed by atoms with Gasteiger partial charge >= 0.3 is 0 Å². The van der Waals surface area contributed by atoms with E-state index >= 15 is 0 Å². The van der Waals surface area contributed by atoms with Gasteiger partial charge in [-0.05, 0) is 25.5 Å². The Morgan fingerprint density at radius 1 is 1.56 bits per heavy atom. The van der Waals surface area contributed by atoms with Crippen LogP contribution in [0, 0.1) is 0 Å². The van der Waals surface area contributed by atoms with Crippen molar-refractivity contribution >= 4 is 22.3 Å². The summed E-state index contributed by atoms with van der Waals surface area (Å²) in [6.07, 6.45) is 2.44. The predicted molar refractivity (Wildman–Crippen MR) is 65.3 cm³/mol. The highest BCUT2D eigenvalue weighted by atomic mass is 16.3. The number of aromatic amines is 1. The van der Waals surface area contributed by atoms with Crippen LogP contribution in [0.4, 0.5) is 11.4 Å². The zero-order chi connectivity index (χ0) is 11.5. The van der Waals surface area contributed by atoms with Crippen molar-refractivity contribution in [2.24, 2.45) is 0 Å². The first-order valence-electron chi connectivity index (χ1n) is 5.30. The van der Waals surface area contributed by atoms with Crippen LogP contribution < -0.4 is 11.1 Å². The maximum Gasteiger partial charge on any atom is 0.0672 e. The molecule has 5 N–H and O–H groups in total. The number of aliphatic hydroxyl groups excluding tert-OH is 1. The fourth-order valence-electron chi connectivity index (χ4n) is 1.67. The second-order valence-corrected chi connectivity index (χ2v) is 3.95. The molecule has 0 amide bonds. The molecule has 1 heterocycles. The van der Waals surface area contributed by atoms with E-state index in [1.807, 2.05) is 19.1 Å². The Hall–Kier alpha value is -1.75. The van der Waals surface area contributed by atoms with E-state index in [2.05, 4.69) is 15.5 Å². The quantitative estimate of drug-likeness (QED) is 0.585. The van der Waals surface area contributed by atoms with Gasteiger partial charge in [0.15, 0.2) is 0 Å². The Balaban J connectivity index is 2.25. The van der Waals surface area contributed by atoms with Crippen LogP contribution in [0.2, 0.25) is 0 Å². The maximum atomic E-state index is 8.84. The summed E-state index contributed by atoms with van der Waals surface area (Å²) < 4.78 is 0. The summed E-state index contributed by atoms with van der Waals surface area (Å²) in [6, 6.07) is 4.01. The van der Waals surface area contributed by atoms with Crippen LogP contribution in [0.5, 0.6) is 0 Å². The van der Waals surface area contributed by atoms with E-state index < -0.39 is 0 Å². The number of aromatic nitrogens is 2. The molecule has 0 bridgehead atoms. The number of hydrogen-bond acceptors (Lipinski definition) is 4. The molecule has 86 valence electrons. The lowest BCUT2D eigenvalue weighted by molar-refractivity contribution is 0.282. The van der Waals surface area contributed by atoms with Crippen LogP contribution in [0.1, 0.15) is 13.3 Å². The summed E-state index contributed by atoms with van der Waals surface area (Å²) in [5.41, 5.74) is 8.44. The second-order valence-electron chi connectivity index (χ2n) is 3.95. The molecule has 5 heteroatoms. The Bertz CT molecular complexity index is 480. The van der Waals surface area contributed by atoms with E-state index in [4.69, 9.17) is 10.8 Å². The van der Waals surface area contributed by atoms with Crippen molar-refractivity contribution in [2.75, 3.05) is 17.7 Å². The normalized spacial score (nSPS) is 12.9. The Morgan fingerprint density at radius 2 is 2.38 bits per heavy atom. The first-order chi connectivity index (χ1) is 7.70. The maximum absolute atomic E-state index is 8.84. The number of nitrogens with zero attached hydrogens (tertiary/aromatic N) is 1. The third-order valence-corrected chi connectivity index (χ3v) is 2.57. The van der Waals surface area contributed by atoms with Gasteiger partial charge in [-0.25, -0.2) is 0 Å². The molecule has 2 aromatic rings. The van der Waals surface area contributed by atoms with Crippen molar-refractivity contribution in [3.63, 3.8) is 0 Å². The minimum Gasteiger partial charge on any atom is -0.397 e. The van der Waals surface area contributed by atoms with Crippen molar-refractivity contribution in [3.8, 4) is 0 Å². The zero-order valence-electron chi connectivity index (χ0n) is 9.20. The highest BCUT2D eigenvalue weighted by Gasteiger charge is 2.06. The molecule has 0 aliphatic carbocycles. The van der Waals surface area contributed by atoms with E-state index in [0.717, 1.165) is 16.6 Å². The first kappa shape index (κ1) is 10.8. The van der Waals surface area contributed by atoms with Crippen LogP contribution in [-0.2, 0) is 0 Å². The van der Waals surface area contributed by atoms with Crippen LogP contribution in [0.15, 0.2) is 18.3 Å². The molecular formula is C11H16N4O. The van der Waals surface area contributed by atoms with Crippen molar-refractivity contribution in [1.29, 1.82) is 0 Å². The zero-order valence-corrected chi connectivity index (χ0v) is 9.20. The SMILES string of the molecule is CC(CCO)Nc1cc2[nH]ncc2cc1N. The number of H-pyrrole nitrogens is 1. The number of hydrogen-bond donors (Lipinski definition) is 4. The molecule has 0 fully saturated rings. The van der Waals surface area contributed by atoms with Gasteiger partial charge in [0.05, 0.1) is 23.1 Å². The molecule has 1 aromatic carbocycles. The van der Waals surface area contributed by atoms with Crippen molar-refractivity contribution in [3.05, 3.63) is 18.3 Å². The number of benzene rings is 1. The summed E-state index contributed by atoms with van der Waals surface area (Å²) in [4.78, 5) is 0. The minimum atomic E-state index is 0.167. The lowest BCUT2D eigenvalue weighted by atomic mass is 10.1. The van der Waals surface area contributed by atoms with E-state index in [-0.39, 0.29) is 12.6 Å². The van der Waals surface area contributed by atoms with Gasteiger partial charge in [-0.2, -0.15) is 5.10 Å². The third kappa shape index (κ3) is 2.09. The first-order valence-corrected chi connectivity index (χ1v) is 5.30. The predicted octanol–water partition coefficient (Wildman–Crippen LogP) is 1.33. The van der Waals surface area contributed by atoms with Crippen LogP contribution in [0.3, 0.4) is 0 Å². The number of fused-ring (bicyclic) bond motifs is 1. The average molecular weight is 220 g/mol. The average Bonchev–Trinajstić information content (AvgIpc) is 2.65. The standard InChI is InChI=1S/C11H16N4O/c1-7(2-3-16)14-11-5-10-8(4-9(11)12)6-13-15-10/h4-7,14,16H,2-3,12H2,1H3,(H,13,15). The molecule has 0 aliphatic heterocycles. The van der Waals surface area contributed by atoms with E-state index in [0.29, 0.717) is 12.1 Å². The lowest BCUT2D eigenvalue weighted by Crippen LogP contribution is -2.17. The van der Waals surface area contributed by atoms with E-state index in [1.54, 1.807) is 6.20 Å². The molecular weight excluding hydrogens is 204 g/mol. The molecule has 5 nitrogen and oxygen atoms in total. The molecule has 0 saturated carbocycles. The van der Waals surface area contributed by atoms with E-state index in [9.17, 15) is 0 Å². The fourth-order valence-corrected chi connectivity index (χ4v) is 1.67. The molecule has 0 saturated heterocycles. The molecule has 0 aliphatic rings. The summed E-state index contributed by atoms with van der Waals surface area (Å²) in [5.74, 6) is 0. The lowest BCUT2D eigenvalue weighted by Gasteiger charge is -2.15. The van der Waals surface area contributed by atoms with E-state index in [1.165, 1.54) is 0 Å². The van der Waals surface area contributed by atoms with Gasteiger partial charge in [0.25, 0.3) is 0 Å². The van der Waals surface area contributed by atoms with Crippen LogP contribution >= 0.6 is 0 Å². The van der Waals surface area contributed by atoms with Gasteiger partial charge in [0, 0.05) is 18.0 Å². The largest absolute Gasteiger partial charge is 0.397 e. The molecule has 1 unspecified atom stereocenters. The Kier molecular flexibility index (Phi) is 2.96. The minimum absolute atomic E-state index is 0.167. The number of rotatable bonds is 4. The number of nitrogen functional groups attached to an aromatic ring is 1. The van der Waals surface area contributed by atoms with Gasteiger partial charge in [-0.1, -0.05) is 0 Å². The van der Waals surface area contributed by atoms with Gasteiger partial charge in [0.1, 0.15) is 0 Å². The fraction of sp³-hybridized carbons (Fsp3) is 0.364. The summed E-state index contributed by atoms with van der Waals surface area (Å²) in [6.45, 7) is 2.17. The van der Waals surface area contributed by atoms with Crippen molar-refractivity contribution in [2.45, 2.75) is 19.4 Å². The highest BCUT2D eigenvalue weighted by molar-refractivity contribution is 5.88. The number of anilines is 2. The molecule has 16 heavy (non-hydrogen) atoms. The van der Waals surface area contributed by atoms with Crippen molar-refractivity contribution in [1.82, 2.24) is 10.2 Å². The van der Waals surface area contributed by atoms with Crippen LogP contribution in [-0.4, -0.2) is 28.0 Å². The highest BCUT2D eigenvalue weighted by Crippen LogP contribution is 2.25.